The zero-order valence-corrected chi connectivity index (χ0v) is 12.4. The molecule has 5 atom stereocenters. The molecule has 0 amide bonds. The quantitative estimate of drug-likeness (QED) is 0.591. The Morgan fingerprint density at radius 3 is 2.59 bits per heavy atom. The molecule has 17 heavy (non-hydrogen) atoms. The zero-order chi connectivity index (χ0) is 12.3. The Bertz CT molecular complexity index is 237. The first-order valence-corrected chi connectivity index (χ1v) is 8.03. The molecule has 2 N–H and O–H groups in total. The van der Waals surface area contributed by atoms with E-state index in [1.807, 2.05) is 0 Å². The van der Waals surface area contributed by atoms with Gasteiger partial charge in [-0.05, 0) is 31.6 Å². The number of ether oxygens (including phenoxy) is 1. The van der Waals surface area contributed by atoms with Crippen molar-refractivity contribution in [3.05, 3.63) is 0 Å². The smallest absolute Gasteiger partial charge is 0.107 e. The van der Waals surface area contributed by atoms with Crippen molar-refractivity contribution < 1.29 is 14.9 Å². The van der Waals surface area contributed by atoms with Crippen LogP contribution in [0.1, 0.15) is 44.9 Å². The second-order valence-electron chi connectivity index (χ2n) is 5.42. The lowest BCUT2D eigenvalue weighted by Crippen LogP contribution is -2.26. The third-order valence-corrected chi connectivity index (χ3v) is 5.40. The lowest BCUT2D eigenvalue weighted by Gasteiger charge is -2.26. The number of aliphatic hydroxyl groups is 2. The van der Waals surface area contributed by atoms with E-state index in [0.29, 0.717) is 12.3 Å². The first-order chi connectivity index (χ1) is 8.20. The lowest BCUT2D eigenvalue weighted by molar-refractivity contribution is -0.0412. The molecule has 0 aromatic rings. The third kappa shape index (κ3) is 3.78. The first-order valence-electron chi connectivity index (χ1n) is 6.79. The Kier molecular flexibility index (Phi) is 5.51. The van der Waals surface area contributed by atoms with Crippen LogP contribution in [0.4, 0.5) is 0 Å². The van der Waals surface area contributed by atoms with Gasteiger partial charge in [0.15, 0.2) is 0 Å². The summed E-state index contributed by atoms with van der Waals surface area (Å²) in [4.78, 5) is 0. The van der Waals surface area contributed by atoms with Crippen LogP contribution in [0.15, 0.2) is 0 Å². The van der Waals surface area contributed by atoms with E-state index in [2.05, 4.69) is 22.6 Å². The average Bonchev–Trinajstić information content (AvgIpc) is 2.65. The van der Waals surface area contributed by atoms with E-state index in [0.717, 1.165) is 3.92 Å². The summed E-state index contributed by atoms with van der Waals surface area (Å²) >= 11 is 2.56. The van der Waals surface area contributed by atoms with E-state index in [9.17, 15) is 5.11 Å². The number of alkyl halides is 1. The fourth-order valence-electron chi connectivity index (χ4n) is 3.06. The molecule has 0 bridgehead atoms. The first kappa shape index (κ1) is 14.0. The SMILES string of the molecule is OCC1OC(C2CCCCC(I)CC2)CC1O. The summed E-state index contributed by atoms with van der Waals surface area (Å²) in [5.74, 6) is 0.582. The molecule has 2 fully saturated rings. The van der Waals surface area contributed by atoms with E-state index in [-0.39, 0.29) is 18.8 Å². The van der Waals surface area contributed by atoms with Crippen LogP contribution in [-0.4, -0.2) is 39.1 Å². The minimum absolute atomic E-state index is 0.0563. The van der Waals surface area contributed by atoms with E-state index in [1.54, 1.807) is 0 Å². The number of hydrogen-bond acceptors (Lipinski definition) is 3. The molecular formula is C13H23IO3. The molecule has 1 saturated heterocycles. The lowest BCUT2D eigenvalue weighted by atomic mass is 9.86. The van der Waals surface area contributed by atoms with E-state index in [4.69, 9.17) is 9.84 Å². The Morgan fingerprint density at radius 2 is 1.88 bits per heavy atom. The van der Waals surface area contributed by atoms with E-state index in [1.165, 1.54) is 38.5 Å². The van der Waals surface area contributed by atoms with Crippen LogP contribution >= 0.6 is 22.6 Å². The highest BCUT2D eigenvalue weighted by Gasteiger charge is 2.37. The maximum atomic E-state index is 9.78. The van der Waals surface area contributed by atoms with Crippen LogP contribution in [-0.2, 0) is 4.74 Å². The molecule has 5 unspecified atom stereocenters. The average molecular weight is 354 g/mol. The highest BCUT2D eigenvalue weighted by Crippen LogP contribution is 2.34. The van der Waals surface area contributed by atoms with E-state index >= 15 is 0 Å². The van der Waals surface area contributed by atoms with Gasteiger partial charge in [0.1, 0.15) is 6.10 Å². The van der Waals surface area contributed by atoms with Gasteiger partial charge in [0.05, 0.1) is 18.8 Å². The van der Waals surface area contributed by atoms with Gasteiger partial charge in [-0.1, -0.05) is 35.4 Å². The van der Waals surface area contributed by atoms with Crippen LogP contribution in [0, 0.1) is 5.92 Å². The van der Waals surface area contributed by atoms with Crippen molar-refractivity contribution in [1.29, 1.82) is 0 Å². The number of halogens is 1. The number of hydrogen-bond donors (Lipinski definition) is 2. The van der Waals surface area contributed by atoms with Gasteiger partial charge in [0.25, 0.3) is 0 Å². The highest BCUT2D eigenvalue weighted by molar-refractivity contribution is 14.1. The highest BCUT2D eigenvalue weighted by atomic mass is 127. The van der Waals surface area contributed by atoms with Gasteiger partial charge in [-0.15, -0.1) is 0 Å². The maximum Gasteiger partial charge on any atom is 0.107 e. The van der Waals surface area contributed by atoms with Crippen LogP contribution in [0.3, 0.4) is 0 Å². The van der Waals surface area contributed by atoms with Crippen molar-refractivity contribution in [2.24, 2.45) is 5.92 Å². The monoisotopic (exact) mass is 354 g/mol. The van der Waals surface area contributed by atoms with Crippen LogP contribution < -0.4 is 0 Å². The summed E-state index contributed by atoms with van der Waals surface area (Å²) in [6.07, 6.45) is 7.72. The molecule has 1 heterocycles. The van der Waals surface area contributed by atoms with Crippen LogP contribution in [0.25, 0.3) is 0 Å². The molecule has 0 aromatic carbocycles. The molecule has 4 heteroatoms. The molecule has 0 aromatic heterocycles. The molecule has 1 aliphatic carbocycles. The Morgan fingerprint density at radius 1 is 1.12 bits per heavy atom. The topological polar surface area (TPSA) is 49.7 Å². The Balaban J connectivity index is 1.88. The van der Waals surface area contributed by atoms with Crippen molar-refractivity contribution in [3.63, 3.8) is 0 Å². The summed E-state index contributed by atoms with van der Waals surface area (Å²) in [6, 6.07) is 0. The summed E-state index contributed by atoms with van der Waals surface area (Å²) in [6.45, 7) is -0.0563. The minimum atomic E-state index is -0.467. The third-order valence-electron chi connectivity index (χ3n) is 4.15. The number of aliphatic hydroxyl groups excluding tert-OH is 2. The second-order valence-corrected chi connectivity index (χ2v) is 7.18. The van der Waals surface area contributed by atoms with Gasteiger partial charge < -0.3 is 14.9 Å². The molecule has 0 spiro atoms. The molecular weight excluding hydrogens is 331 g/mol. The fraction of sp³-hybridized carbons (Fsp3) is 1.00. The summed E-state index contributed by atoms with van der Waals surface area (Å²) in [5, 5.41) is 18.9. The molecule has 100 valence electrons. The minimum Gasteiger partial charge on any atom is -0.394 e. The molecule has 2 aliphatic rings. The molecule has 0 radical (unpaired) electrons. The van der Waals surface area contributed by atoms with Gasteiger partial charge in [0, 0.05) is 10.3 Å². The molecule has 1 saturated carbocycles. The number of rotatable bonds is 2. The summed E-state index contributed by atoms with van der Waals surface area (Å²) < 4.78 is 6.59. The normalized spacial score (nSPS) is 44.3. The Hall–Kier alpha value is 0.610. The largest absolute Gasteiger partial charge is 0.394 e. The summed E-state index contributed by atoms with van der Waals surface area (Å²) in [5.41, 5.74) is 0. The van der Waals surface area contributed by atoms with Crippen molar-refractivity contribution in [2.75, 3.05) is 6.61 Å². The van der Waals surface area contributed by atoms with E-state index < -0.39 is 6.10 Å². The van der Waals surface area contributed by atoms with Crippen molar-refractivity contribution in [3.8, 4) is 0 Å². The fourth-order valence-corrected chi connectivity index (χ4v) is 3.86. The van der Waals surface area contributed by atoms with Gasteiger partial charge in [0.2, 0.25) is 0 Å². The molecule has 3 nitrogen and oxygen atoms in total. The Labute approximate surface area is 117 Å². The predicted octanol–water partition coefficient (Wildman–Crippen LogP) is 2.27. The predicted molar refractivity (Wildman–Crippen MR) is 75.4 cm³/mol. The molecule has 2 rings (SSSR count). The standard InChI is InChI=1S/C13H23IO3/c14-10-4-2-1-3-9(5-6-10)12-7-11(16)13(8-15)17-12/h9-13,15-16H,1-8H2. The maximum absolute atomic E-state index is 9.78. The van der Waals surface area contributed by atoms with Gasteiger partial charge in [-0.2, -0.15) is 0 Å². The molecule has 1 aliphatic heterocycles. The summed E-state index contributed by atoms with van der Waals surface area (Å²) in [7, 11) is 0. The van der Waals surface area contributed by atoms with Crippen molar-refractivity contribution in [1.82, 2.24) is 0 Å². The second kappa shape index (κ2) is 6.68. The van der Waals surface area contributed by atoms with Crippen molar-refractivity contribution >= 4 is 22.6 Å². The zero-order valence-electron chi connectivity index (χ0n) is 10.2. The van der Waals surface area contributed by atoms with Crippen LogP contribution in [0.2, 0.25) is 0 Å². The van der Waals surface area contributed by atoms with Crippen molar-refractivity contribution in [2.45, 2.75) is 67.2 Å². The van der Waals surface area contributed by atoms with Gasteiger partial charge >= 0.3 is 0 Å². The van der Waals surface area contributed by atoms with Crippen LogP contribution in [0.5, 0.6) is 0 Å². The van der Waals surface area contributed by atoms with Gasteiger partial charge in [-0.25, -0.2) is 0 Å². The van der Waals surface area contributed by atoms with Gasteiger partial charge in [-0.3, -0.25) is 0 Å².